The van der Waals surface area contributed by atoms with Crippen LogP contribution in [-0.2, 0) is 5.41 Å². The Morgan fingerprint density at radius 3 is 2.54 bits per heavy atom. The van der Waals surface area contributed by atoms with Gasteiger partial charge in [0.1, 0.15) is 17.5 Å². The largest absolute Gasteiger partial charge is 0.242 e. The summed E-state index contributed by atoms with van der Waals surface area (Å²) in [5, 5.41) is 8.78. The van der Waals surface area contributed by atoms with E-state index in [-0.39, 0.29) is 28.0 Å². The molecule has 1 saturated carbocycles. The first-order valence-corrected chi connectivity index (χ1v) is 9.49. The Morgan fingerprint density at radius 2 is 1.82 bits per heavy atom. The van der Waals surface area contributed by atoms with Gasteiger partial charge in [0.15, 0.2) is 0 Å². The highest BCUT2D eigenvalue weighted by atomic mass is 19.1. The molecule has 3 aromatic rings. The van der Waals surface area contributed by atoms with E-state index in [1.165, 1.54) is 18.2 Å². The highest BCUT2D eigenvalue weighted by Crippen LogP contribution is 2.69. The smallest absolute Gasteiger partial charge is 0.135 e. The molecule has 0 unspecified atom stereocenters. The molecule has 0 aliphatic heterocycles. The van der Waals surface area contributed by atoms with E-state index in [0.717, 1.165) is 35.6 Å². The Balaban J connectivity index is 1.74. The van der Waals surface area contributed by atoms with Gasteiger partial charge in [-0.05, 0) is 60.9 Å². The summed E-state index contributed by atoms with van der Waals surface area (Å²) in [4.78, 5) is 8.97. The first-order valence-electron chi connectivity index (χ1n) is 9.49. The van der Waals surface area contributed by atoms with Crippen LogP contribution in [0.5, 0.6) is 0 Å². The molecule has 6 heteroatoms. The Kier molecular flexibility index (Phi) is 3.49. The first-order chi connectivity index (χ1) is 13.4. The molecule has 0 N–H and O–H groups in total. The molecule has 28 heavy (non-hydrogen) atoms. The van der Waals surface area contributed by atoms with E-state index in [4.69, 9.17) is 4.98 Å². The lowest BCUT2D eigenvalue weighted by Gasteiger charge is -2.37. The summed E-state index contributed by atoms with van der Waals surface area (Å²) in [6.45, 7) is 6.34. The van der Waals surface area contributed by atoms with Crippen molar-refractivity contribution in [3.05, 3.63) is 70.9 Å². The molecule has 2 aromatic heterocycles. The van der Waals surface area contributed by atoms with Crippen molar-refractivity contribution in [2.75, 3.05) is 0 Å². The van der Waals surface area contributed by atoms with Gasteiger partial charge in [-0.25, -0.2) is 18.7 Å². The topological polar surface area (TPSA) is 51.6 Å². The van der Waals surface area contributed by atoms with Crippen molar-refractivity contribution in [2.45, 2.75) is 44.9 Å². The second kappa shape index (κ2) is 5.63. The van der Waals surface area contributed by atoms with E-state index in [0.29, 0.717) is 0 Å². The minimum Gasteiger partial charge on any atom is -0.242 e. The monoisotopic (exact) mass is 378 g/mol. The molecule has 2 heterocycles. The van der Waals surface area contributed by atoms with Gasteiger partial charge in [-0.15, -0.1) is 5.10 Å². The minimum absolute atomic E-state index is 0.120. The van der Waals surface area contributed by atoms with Gasteiger partial charge in [-0.3, -0.25) is 0 Å². The Labute approximate surface area is 162 Å². The summed E-state index contributed by atoms with van der Waals surface area (Å²) < 4.78 is 28.6. The Morgan fingerprint density at radius 1 is 1.07 bits per heavy atom. The number of rotatable bonds is 2. The van der Waals surface area contributed by atoms with E-state index in [1.54, 1.807) is 6.20 Å². The molecular formula is C22H20F2N4. The molecule has 2 aliphatic carbocycles. The predicted octanol–water partition coefficient (Wildman–Crippen LogP) is 4.72. The molecule has 142 valence electrons. The fourth-order valence-electron chi connectivity index (χ4n) is 5.45. The van der Waals surface area contributed by atoms with Crippen LogP contribution >= 0.6 is 0 Å². The minimum atomic E-state index is -0.627. The van der Waals surface area contributed by atoms with Crippen LogP contribution in [0.3, 0.4) is 0 Å². The average molecular weight is 378 g/mol. The molecule has 0 amide bonds. The molecule has 1 aromatic carbocycles. The molecule has 0 spiro atoms. The molecule has 1 fully saturated rings. The van der Waals surface area contributed by atoms with E-state index < -0.39 is 11.6 Å². The summed E-state index contributed by atoms with van der Waals surface area (Å²) >= 11 is 0. The Bertz CT molecular complexity index is 1090. The normalized spacial score (nSPS) is 24.4. The lowest BCUT2D eigenvalue weighted by molar-refractivity contribution is 0.242. The van der Waals surface area contributed by atoms with Gasteiger partial charge in [-0.1, -0.05) is 19.9 Å². The molecular weight excluding hydrogens is 358 g/mol. The van der Waals surface area contributed by atoms with E-state index in [2.05, 4.69) is 29.0 Å². The van der Waals surface area contributed by atoms with Gasteiger partial charge >= 0.3 is 0 Å². The standard InChI is InChI=1S/C22H20F2N4/c1-12-25-10-8-18(26-12)22-9-7-14(21(22,2)3)13-11-17(27-28-20(13)22)19-15(23)5-4-6-16(19)24/h4-6,8,10-11,14H,7,9H2,1-3H3/t14-,22+/m0/s1. The third-order valence-corrected chi connectivity index (χ3v) is 6.81. The van der Waals surface area contributed by atoms with Crippen molar-refractivity contribution in [3.63, 3.8) is 0 Å². The SMILES string of the molecule is Cc1nccc([C@]23CC[C@@H](c4cc(-c5c(F)cccc5F)nnc42)C3(C)C)n1. The maximum atomic E-state index is 14.3. The van der Waals surface area contributed by atoms with Crippen LogP contribution < -0.4 is 0 Å². The number of aromatic nitrogens is 4. The van der Waals surface area contributed by atoms with Crippen LogP contribution in [0.2, 0.25) is 0 Å². The van der Waals surface area contributed by atoms with Crippen molar-refractivity contribution in [1.82, 2.24) is 20.2 Å². The average Bonchev–Trinajstić information content (AvgIpc) is 3.03. The summed E-state index contributed by atoms with van der Waals surface area (Å²) in [6, 6.07) is 7.62. The van der Waals surface area contributed by atoms with Gasteiger partial charge in [0.25, 0.3) is 0 Å². The fourth-order valence-corrected chi connectivity index (χ4v) is 5.45. The summed E-state index contributed by atoms with van der Waals surface area (Å²) in [7, 11) is 0. The maximum absolute atomic E-state index is 14.3. The first kappa shape index (κ1) is 17.3. The molecule has 0 saturated heterocycles. The second-order valence-electron chi connectivity index (χ2n) is 8.34. The van der Waals surface area contributed by atoms with Crippen molar-refractivity contribution >= 4 is 0 Å². The summed E-state index contributed by atoms with van der Waals surface area (Å²) in [5.41, 5.74) is 2.49. The highest BCUT2D eigenvalue weighted by Gasteiger charge is 2.65. The molecule has 4 nitrogen and oxygen atoms in total. The zero-order valence-corrected chi connectivity index (χ0v) is 16.0. The van der Waals surface area contributed by atoms with Crippen molar-refractivity contribution in [1.29, 1.82) is 0 Å². The second-order valence-corrected chi connectivity index (χ2v) is 8.34. The molecule has 2 aliphatic rings. The maximum Gasteiger partial charge on any atom is 0.135 e. The van der Waals surface area contributed by atoms with E-state index >= 15 is 0 Å². The Hall–Kier alpha value is -2.76. The van der Waals surface area contributed by atoms with Crippen LogP contribution in [-0.4, -0.2) is 20.2 Å². The number of fused-ring (bicyclic) bond motifs is 5. The third kappa shape index (κ3) is 2.03. The van der Waals surface area contributed by atoms with Gasteiger partial charge in [0.2, 0.25) is 0 Å². The zero-order valence-electron chi connectivity index (χ0n) is 16.0. The molecule has 5 rings (SSSR count). The number of nitrogens with zero attached hydrogens (tertiary/aromatic N) is 4. The number of hydrogen-bond donors (Lipinski definition) is 0. The summed E-state index contributed by atoms with van der Waals surface area (Å²) in [5.74, 6) is -0.296. The molecule has 0 radical (unpaired) electrons. The van der Waals surface area contributed by atoms with Crippen LogP contribution in [0, 0.1) is 24.0 Å². The number of aryl methyl sites for hydroxylation is 1. The number of hydrogen-bond acceptors (Lipinski definition) is 4. The zero-order chi connectivity index (χ0) is 19.7. The van der Waals surface area contributed by atoms with Crippen LogP contribution in [0.4, 0.5) is 8.78 Å². The van der Waals surface area contributed by atoms with E-state index in [1.807, 2.05) is 19.1 Å². The summed E-state index contributed by atoms with van der Waals surface area (Å²) in [6.07, 6.45) is 3.69. The van der Waals surface area contributed by atoms with Gasteiger partial charge in [-0.2, -0.15) is 5.10 Å². The lowest BCUT2D eigenvalue weighted by atomic mass is 9.66. The van der Waals surface area contributed by atoms with E-state index in [9.17, 15) is 8.78 Å². The fraction of sp³-hybridized carbons (Fsp3) is 0.364. The predicted molar refractivity (Wildman–Crippen MR) is 101 cm³/mol. The van der Waals surface area contributed by atoms with Crippen LogP contribution in [0.1, 0.15) is 55.4 Å². The highest BCUT2D eigenvalue weighted by molar-refractivity contribution is 5.64. The van der Waals surface area contributed by atoms with Crippen molar-refractivity contribution in [3.8, 4) is 11.3 Å². The lowest BCUT2D eigenvalue weighted by Crippen LogP contribution is -2.38. The third-order valence-electron chi connectivity index (χ3n) is 6.81. The quantitative estimate of drug-likeness (QED) is 0.647. The van der Waals surface area contributed by atoms with Gasteiger partial charge in [0, 0.05) is 6.20 Å². The molecule has 2 atom stereocenters. The van der Waals surface area contributed by atoms with Crippen LogP contribution in [0.25, 0.3) is 11.3 Å². The van der Waals surface area contributed by atoms with Crippen molar-refractivity contribution in [2.24, 2.45) is 5.41 Å². The molecule has 2 bridgehead atoms. The van der Waals surface area contributed by atoms with Crippen LogP contribution in [0.15, 0.2) is 36.5 Å². The van der Waals surface area contributed by atoms with Gasteiger partial charge in [0.05, 0.1) is 28.1 Å². The van der Waals surface area contributed by atoms with Gasteiger partial charge < -0.3 is 0 Å². The number of benzene rings is 1. The number of halogens is 2. The van der Waals surface area contributed by atoms with Crippen molar-refractivity contribution < 1.29 is 8.78 Å².